The summed E-state index contributed by atoms with van der Waals surface area (Å²) < 4.78 is 0. The molecule has 2 N–H and O–H groups in total. The molecule has 0 aliphatic carbocycles. The maximum Gasteiger partial charge on any atom is 0.101 e. The van der Waals surface area contributed by atoms with E-state index in [1.165, 1.54) is 11.1 Å². The van der Waals surface area contributed by atoms with Crippen molar-refractivity contribution in [2.45, 2.75) is 31.2 Å². The van der Waals surface area contributed by atoms with E-state index in [0.717, 1.165) is 27.1 Å². The number of pyridine rings is 1. The number of hydrogen-bond donors (Lipinski definition) is 1. The molecule has 19 heavy (non-hydrogen) atoms. The Labute approximate surface area is 123 Å². The van der Waals surface area contributed by atoms with Crippen LogP contribution in [0.3, 0.4) is 0 Å². The van der Waals surface area contributed by atoms with Gasteiger partial charge in [-0.25, -0.2) is 4.98 Å². The summed E-state index contributed by atoms with van der Waals surface area (Å²) in [6.07, 6.45) is 0. The molecule has 0 unspecified atom stereocenters. The van der Waals surface area contributed by atoms with Crippen molar-refractivity contribution in [2.24, 2.45) is 5.73 Å². The third kappa shape index (κ3) is 3.72. The fourth-order valence-corrected chi connectivity index (χ4v) is 3.18. The van der Waals surface area contributed by atoms with Crippen LogP contribution in [0.4, 0.5) is 0 Å². The van der Waals surface area contributed by atoms with Gasteiger partial charge in [0, 0.05) is 28.6 Å². The first-order chi connectivity index (χ1) is 9.10. The lowest BCUT2D eigenvalue weighted by Gasteiger charge is -2.11. The number of nitrogens with zero attached hydrogens (tertiary/aromatic N) is 1. The van der Waals surface area contributed by atoms with Gasteiger partial charge in [-0.1, -0.05) is 23.7 Å². The van der Waals surface area contributed by atoms with E-state index < -0.39 is 0 Å². The van der Waals surface area contributed by atoms with Crippen LogP contribution in [0.15, 0.2) is 35.4 Å². The third-order valence-corrected chi connectivity index (χ3v) is 4.27. The highest BCUT2D eigenvalue weighted by atomic mass is 35.5. The lowest BCUT2D eigenvalue weighted by atomic mass is 10.1. The fraction of sp³-hybridized carbons (Fsp3) is 0.267. The minimum atomic E-state index is 0.530. The van der Waals surface area contributed by atoms with Crippen LogP contribution in [0.1, 0.15) is 22.4 Å². The highest BCUT2D eigenvalue weighted by Gasteiger charge is 2.08. The average molecular weight is 293 g/mol. The van der Waals surface area contributed by atoms with Gasteiger partial charge in [-0.15, -0.1) is 11.8 Å². The van der Waals surface area contributed by atoms with E-state index in [2.05, 4.69) is 18.0 Å². The zero-order valence-corrected chi connectivity index (χ0v) is 12.7. The van der Waals surface area contributed by atoms with Crippen LogP contribution >= 0.6 is 23.4 Å². The highest BCUT2D eigenvalue weighted by Crippen LogP contribution is 2.27. The standard InChI is InChI=1S/C15H17ClN2S/c1-10-7-11(2)18-15(14(10)8-17)19-9-12-3-5-13(16)6-4-12/h3-7H,8-9,17H2,1-2H3. The second-order valence-corrected chi connectivity index (χ2v) is 5.88. The van der Waals surface area contributed by atoms with Crippen molar-refractivity contribution in [3.05, 3.63) is 57.7 Å². The van der Waals surface area contributed by atoms with E-state index >= 15 is 0 Å². The number of benzene rings is 1. The number of thioether (sulfide) groups is 1. The Bertz CT molecular complexity index is 567. The molecule has 1 aromatic heterocycles. The SMILES string of the molecule is Cc1cc(C)c(CN)c(SCc2ccc(Cl)cc2)n1. The van der Waals surface area contributed by atoms with Crippen molar-refractivity contribution in [1.82, 2.24) is 4.98 Å². The molecule has 0 aliphatic heterocycles. The minimum absolute atomic E-state index is 0.530. The first kappa shape index (κ1) is 14.4. The van der Waals surface area contributed by atoms with E-state index in [1.807, 2.05) is 31.2 Å². The molecule has 0 amide bonds. The van der Waals surface area contributed by atoms with Gasteiger partial charge in [0.1, 0.15) is 5.03 Å². The molecule has 0 saturated heterocycles. The summed E-state index contributed by atoms with van der Waals surface area (Å²) in [6, 6.07) is 9.99. The largest absolute Gasteiger partial charge is 0.326 e. The van der Waals surface area contributed by atoms with Crippen molar-refractivity contribution >= 4 is 23.4 Å². The second kappa shape index (κ2) is 6.42. The molecule has 2 aromatic rings. The van der Waals surface area contributed by atoms with Gasteiger partial charge >= 0.3 is 0 Å². The normalized spacial score (nSPS) is 10.7. The van der Waals surface area contributed by atoms with E-state index in [1.54, 1.807) is 11.8 Å². The summed E-state index contributed by atoms with van der Waals surface area (Å²) in [5.74, 6) is 0.875. The molecule has 0 atom stereocenters. The fourth-order valence-electron chi connectivity index (χ4n) is 1.93. The third-order valence-electron chi connectivity index (χ3n) is 2.93. The van der Waals surface area contributed by atoms with Crippen LogP contribution in [-0.2, 0) is 12.3 Å². The number of halogens is 1. The maximum absolute atomic E-state index is 5.88. The Morgan fingerprint density at radius 1 is 1.21 bits per heavy atom. The first-order valence-electron chi connectivity index (χ1n) is 6.14. The molecule has 0 fully saturated rings. The number of hydrogen-bond acceptors (Lipinski definition) is 3. The molecule has 1 aromatic carbocycles. The van der Waals surface area contributed by atoms with Gasteiger partial charge < -0.3 is 5.73 Å². The maximum atomic E-state index is 5.88. The van der Waals surface area contributed by atoms with Crippen molar-refractivity contribution in [2.75, 3.05) is 0 Å². The van der Waals surface area contributed by atoms with Crippen molar-refractivity contribution in [3.8, 4) is 0 Å². The number of rotatable bonds is 4. The summed E-state index contributed by atoms with van der Waals surface area (Å²) in [5.41, 5.74) is 10.4. The number of nitrogens with two attached hydrogens (primary N) is 1. The summed E-state index contributed by atoms with van der Waals surface area (Å²) >= 11 is 7.61. The molecule has 0 aliphatic rings. The summed E-state index contributed by atoms with van der Waals surface area (Å²) in [5, 5.41) is 1.80. The van der Waals surface area contributed by atoms with Crippen LogP contribution < -0.4 is 5.73 Å². The molecular weight excluding hydrogens is 276 g/mol. The van der Waals surface area contributed by atoms with Crippen molar-refractivity contribution in [3.63, 3.8) is 0 Å². The molecule has 0 saturated carbocycles. The number of aromatic nitrogens is 1. The van der Waals surface area contributed by atoms with Gasteiger partial charge in [0.05, 0.1) is 0 Å². The first-order valence-corrected chi connectivity index (χ1v) is 7.51. The molecule has 0 radical (unpaired) electrons. The van der Waals surface area contributed by atoms with Crippen molar-refractivity contribution in [1.29, 1.82) is 0 Å². The summed E-state index contributed by atoms with van der Waals surface area (Å²) in [7, 11) is 0. The predicted octanol–water partition coefficient (Wildman–Crippen LogP) is 4.10. The van der Waals surface area contributed by atoms with Crippen LogP contribution in [0.2, 0.25) is 5.02 Å². The van der Waals surface area contributed by atoms with Gasteiger partial charge in [-0.2, -0.15) is 0 Å². The van der Waals surface area contributed by atoms with Crippen LogP contribution in [0.5, 0.6) is 0 Å². The lowest BCUT2D eigenvalue weighted by Crippen LogP contribution is -2.04. The molecule has 0 bridgehead atoms. The summed E-state index contributed by atoms with van der Waals surface area (Å²) in [4.78, 5) is 4.59. The molecule has 100 valence electrons. The van der Waals surface area contributed by atoms with E-state index in [9.17, 15) is 0 Å². The quantitative estimate of drug-likeness (QED) is 0.862. The Hall–Kier alpha value is -1.03. The smallest absolute Gasteiger partial charge is 0.101 e. The Morgan fingerprint density at radius 3 is 2.53 bits per heavy atom. The van der Waals surface area contributed by atoms with Crippen LogP contribution in [0.25, 0.3) is 0 Å². The highest BCUT2D eigenvalue weighted by molar-refractivity contribution is 7.98. The average Bonchev–Trinajstić information content (AvgIpc) is 2.37. The Kier molecular flexibility index (Phi) is 4.86. The molecule has 4 heteroatoms. The van der Waals surface area contributed by atoms with E-state index in [4.69, 9.17) is 17.3 Å². The van der Waals surface area contributed by atoms with E-state index in [-0.39, 0.29) is 0 Å². The summed E-state index contributed by atoms with van der Waals surface area (Å²) in [6.45, 7) is 4.63. The molecule has 1 heterocycles. The molecule has 2 rings (SSSR count). The van der Waals surface area contributed by atoms with Gasteiger partial charge in [0.25, 0.3) is 0 Å². The molecular formula is C15H17ClN2S. The molecule has 0 spiro atoms. The minimum Gasteiger partial charge on any atom is -0.326 e. The Morgan fingerprint density at radius 2 is 1.89 bits per heavy atom. The predicted molar refractivity (Wildman–Crippen MR) is 82.6 cm³/mol. The van der Waals surface area contributed by atoms with Crippen molar-refractivity contribution < 1.29 is 0 Å². The van der Waals surface area contributed by atoms with E-state index in [0.29, 0.717) is 6.54 Å². The number of aryl methyl sites for hydroxylation is 2. The van der Waals surface area contributed by atoms with Gasteiger partial charge in [-0.3, -0.25) is 0 Å². The van der Waals surface area contributed by atoms with Crippen LogP contribution in [0, 0.1) is 13.8 Å². The second-order valence-electron chi connectivity index (χ2n) is 4.48. The zero-order chi connectivity index (χ0) is 13.8. The van der Waals surface area contributed by atoms with Gasteiger partial charge in [0.15, 0.2) is 0 Å². The molecule has 2 nitrogen and oxygen atoms in total. The topological polar surface area (TPSA) is 38.9 Å². The zero-order valence-electron chi connectivity index (χ0n) is 11.1. The monoisotopic (exact) mass is 292 g/mol. The lowest BCUT2D eigenvalue weighted by molar-refractivity contribution is 0.922. The van der Waals surface area contributed by atoms with Gasteiger partial charge in [0.2, 0.25) is 0 Å². The van der Waals surface area contributed by atoms with Gasteiger partial charge in [-0.05, 0) is 43.2 Å². The van der Waals surface area contributed by atoms with Crippen LogP contribution in [-0.4, -0.2) is 4.98 Å². The Balaban J connectivity index is 2.17.